The van der Waals surface area contributed by atoms with Gasteiger partial charge in [-0.05, 0) is 31.1 Å². The molecule has 0 saturated heterocycles. The minimum Gasteiger partial charge on any atom is -0.198 e. The molecule has 0 aromatic heterocycles. The van der Waals surface area contributed by atoms with Gasteiger partial charge in [-0.25, -0.2) is 0 Å². The minimum absolute atomic E-state index is 0.0133. The lowest BCUT2D eigenvalue weighted by Gasteiger charge is -2.26. The molecule has 1 fully saturated rings. The van der Waals surface area contributed by atoms with Crippen LogP contribution in [0, 0.1) is 28.6 Å². The van der Waals surface area contributed by atoms with Crippen LogP contribution in [-0.4, -0.2) is 0 Å². The molecule has 58 valence electrons. The minimum atomic E-state index is 0.0133. The van der Waals surface area contributed by atoms with Gasteiger partial charge in [-0.3, -0.25) is 0 Å². The van der Waals surface area contributed by atoms with Crippen molar-refractivity contribution in [3.8, 4) is 6.07 Å². The first-order valence-corrected chi connectivity index (χ1v) is 4.40. The van der Waals surface area contributed by atoms with Gasteiger partial charge >= 0.3 is 0 Å². The van der Waals surface area contributed by atoms with Gasteiger partial charge in [0.15, 0.2) is 0 Å². The molecule has 0 radical (unpaired) electrons. The number of nitriles is 1. The van der Waals surface area contributed by atoms with E-state index in [1.54, 1.807) is 0 Å². The zero-order valence-electron chi connectivity index (χ0n) is 6.88. The Kier molecular flexibility index (Phi) is 1.32. The van der Waals surface area contributed by atoms with Crippen LogP contribution in [0.4, 0.5) is 0 Å². The number of nitrogens with zero attached hydrogens (tertiary/aromatic N) is 1. The Morgan fingerprint density at radius 2 is 2.45 bits per heavy atom. The third-order valence-corrected chi connectivity index (χ3v) is 3.36. The summed E-state index contributed by atoms with van der Waals surface area (Å²) in [5, 5.41) is 9.05. The zero-order valence-corrected chi connectivity index (χ0v) is 6.88. The smallest absolute Gasteiger partial charge is 0.0696 e. The molecule has 0 aliphatic heterocycles. The van der Waals surface area contributed by atoms with Crippen molar-refractivity contribution in [3.63, 3.8) is 0 Å². The Bertz CT molecular complexity index is 236. The van der Waals surface area contributed by atoms with E-state index in [-0.39, 0.29) is 5.41 Å². The molecule has 0 heterocycles. The second kappa shape index (κ2) is 2.11. The van der Waals surface area contributed by atoms with E-state index in [1.807, 2.05) is 0 Å². The number of fused-ring (bicyclic) bond motifs is 2. The van der Waals surface area contributed by atoms with E-state index in [2.05, 4.69) is 25.1 Å². The van der Waals surface area contributed by atoms with Crippen molar-refractivity contribution in [1.82, 2.24) is 0 Å². The van der Waals surface area contributed by atoms with Gasteiger partial charge in [-0.2, -0.15) is 5.26 Å². The molecule has 11 heavy (non-hydrogen) atoms. The van der Waals surface area contributed by atoms with E-state index in [0.29, 0.717) is 5.92 Å². The Labute approximate surface area is 67.7 Å². The average molecular weight is 147 g/mol. The van der Waals surface area contributed by atoms with Gasteiger partial charge < -0.3 is 0 Å². The fraction of sp³-hybridized carbons (Fsp3) is 0.700. The lowest BCUT2D eigenvalue weighted by atomic mass is 9.75. The predicted molar refractivity (Wildman–Crippen MR) is 43.7 cm³/mol. The lowest BCUT2D eigenvalue weighted by Crippen LogP contribution is -2.22. The molecule has 2 aliphatic carbocycles. The number of hydrogen-bond donors (Lipinski definition) is 0. The summed E-state index contributed by atoms with van der Waals surface area (Å²) in [7, 11) is 0. The van der Waals surface area contributed by atoms with Crippen LogP contribution in [0.25, 0.3) is 0 Å². The Balaban J connectivity index is 2.30. The van der Waals surface area contributed by atoms with Crippen molar-refractivity contribution in [2.24, 2.45) is 17.3 Å². The highest BCUT2D eigenvalue weighted by Crippen LogP contribution is 2.53. The van der Waals surface area contributed by atoms with E-state index < -0.39 is 0 Å². The summed E-state index contributed by atoms with van der Waals surface area (Å²) in [6.07, 6.45) is 7.91. The number of rotatable bonds is 1. The molecule has 2 rings (SSSR count). The van der Waals surface area contributed by atoms with Crippen LogP contribution in [-0.2, 0) is 0 Å². The largest absolute Gasteiger partial charge is 0.198 e. The van der Waals surface area contributed by atoms with Crippen molar-refractivity contribution in [2.45, 2.75) is 26.2 Å². The van der Waals surface area contributed by atoms with Crippen molar-refractivity contribution >= 4 is 0 Å². The van der Waals surface area contributed by atoms with E-state index in [0.717, 1.165) is 18.8 Å². The maximum atomic E-state index is 9.05. The van der Waals surface area contributed by atoms with Gasteiger partial charge in [0.05, 0.1) is 11.5 Å². The quantitative estimate of drug-likeness (QED) is 0.523. The van der Waals surface area contributed by atoms with Crippen LogP contribution >= 0.6 is 0 Å². The van der Waals surface area contributed by atoms with Gasteiger partial charge in [0.1, 0.15) is 0 Å². The summed E-state index contributed by atoms with van der Waals surface area (Å²) < 4.78 is 0. The van der Waals surface area contributed by atoms with Gasteiger partial charge in [0, 0.05) is 0 Å². The average Bonchev–Trinajstić information content (AvgIpc) is 2.62. The van der Waals surface area contributed by atoms with Gasteiger partial charge in [-0.1, -0.05) is 19.1 Å². The van der Waals surface area contributed by atoms with Crippen LogP contribution in [0.2, 0.25) is 0 Å². The van der Waals surface area contributed by atoms with Crippen LogP contribution in [0.15, 0.2) is 12.2 Å². The Morgan fingerprint density at radius 1 is 1.64 bits per heavy atom. The normalized spacial score (nSPS) is 46.2. The summed E-state index contributed by atoms with van der Waals surface area (Å²) in [4.78, 5) is 0. The number of allylic oxidation sites excluding steroid dienone is 2. The summed E-state index contributed by atoms with van der Waals surface area (Å²) >= 11 is 0. The molecule has 0 aromatic carbocycles. The molecule has 3 atom stereocenters. The van der Waals surface area contributed by atoms with Gasteiger partial charge in [0.25, 0.3) is 0 Å². The first kappa shape index (κ1) is 6.91. The highest BCUT2D eigenvalue weighted by atomic mass is 14.5. The predicted octanol–water partition coefficient (Wildman–Crippen LogP) is 2.50. The first-order chi connectivity index (χ1) is 5.30. The van der Waals surface area contributed by atoms with Crippen LogP contribution in [0.1, 0.15) is 26.2 Å². The third-order valence-electron chi connectivity index (χ3n) is 3.36. The van der Waals surface area contributed by atoms with Gasteiger partial charge in [0.2, 0.25) is 0 Å². The van der Waals surface area contributed by atoms with Gasteiger partial charge in [-0.15, -0.1) is 0 Å². The van der Waals surface area contributed by atoms with E-state index in [4.69, 9.17) is 5.26 Å². The first-order valence-electron chi connectivity index (χ1n) is 4.40. The fourth-order valence-electron chi connectivity index (χ4n) is 2.57. The maximum Gasteiger partial charge on any atom is 0.0696 e. The van der Waals surface area contributed by atoms with Crippen LogP contribution < -0.4 is 0 Å². The fourth-order valence-corrected chi connectivity index (χ4v) is 2.57. The van der Waals surface area contributed by atoms with Crippen molar-refractivity contribution < 1.29 is 0 Å². The summed E-state index contributed by atoms with van der Waals surface area (Å²) in [6.45, 7) is 2.14. The molecule has 2 aliphatic rings. The Hall–Kier alpha value is -0.770. The summed E-state index contributed by atoms with van der Waals surface area (Å²) in [5.74, 6) is 1.29. The molecule has 0 aromatic rings. The third kappa shape index (κ3) is 0.758. The maximum absolute atomic E-state index is 9.05. The van der Waals surface area contributed by atoms with Crippen molar-refractivity contribution in [3.05, 3.63) is 12.2 Å². The second-order valence-corrected chi connectivity index (χ2v) is 3.81. The monoisotopic (exact) mass is 147 g/mol. The molecular formula is C10H13N. The standard InChI is InChI=1S/C10H13N/c1-2-10(7-11)6-8-3-4-9(10)5-8/h3-4,8-9H,2,5-6H2,1H3/t8?,9-,10+/m0/s1. The molecule has 0 N–H and O–H groups in total. The van der Waals surface area contributed by atoms with Crippen molar-refractivity contribution in [1.29, 1.82) is 5.26 Å². The SMILES string of the molecule is CC[C@]1(C#N)CC2C=C[C@H]1C2. The molecule has 1 nitrogen and oxygen atoms in total. The zero-order chi connectivity index (χ0) is 7.90. The highest BCUT2D eigenvalue weighted by Gasteiger charge is 2.47. The topological polar surface area (TPSA) is 23.8 Å². The molecule has 1 heteroatoms. The van der Waals surface area contributed by atoms with Crippen molar-refractivity contribution in [2.75, 3.05) is 0 Å². The summed E-state index contributed by atoms with van der Waals surface area (Å²) in [5.41, 5.74) is 0.0133. The molecule has 0 amide bonds. The molecule has 1 saturated carbocycles. The Morgan fingerprint density at radius 3 is 2.73 bits per heavy atom. The second-order valence-electron chi connectivity index (χ2n) is 3.81. The van der Waals surface area contributed by atoms with Crippen LogP contribution in [0.3, 0.4) is 0 Å². The molecule has 1 unspecified atom stereocenters. The summed E-state index contributed by atoms with van der Waals surface area (Å²) in [6, 6.07) is 2.51. The van der Waals surface area contributed by atoms with E-state index in [9.17, 15) is 0 Å². The molecule has 2 bridgehead atoms. The molecular weight excluding hydrogens is 134 g/mol. The number of hydrogen-bond acceptors (Lipinski definition) is 1. The van der Waals surface area contributed by atoms with Crippen LogP contribution in [0.5, 0.6) is 0 Å². The van der Waals surface area contributed by atoms with E-state index in [1.165, 1.54) is 6.42 Å². The van der Waals surface area contributed by atoms with E-state index >= 15 is 0 Å². The lowest BCUT2D eigenvalue weighted by molar-refractivity contribution is 0.315. The highest BCUT2D eigenvalue weighted by molar-refractivity contribution is 5.21. The molecule has 0 spiro atoms.